The van der Waals surface area contributed by atoms with Crippen molar-refractivity contribution in [2.75, 3.05) is 18.4 Å². The Kier molecular flexibility index (Phi) is 8.17. The molecule has 2 aromatic rings. The molecule has 0 fully saturated rings. The number of nitrogens with one attached hydrogen (secondary N) is 1. The van der Waals surface area contributed by atoms with E-state index in [1.165, 1.54) is 9.71 Å². The lowest BCUT2D eigenvalue weighted by atomic mass is 10.1. The Morgan fingerprint density at radius 1 is 1.10 bits per heavy atom. The maximum atomic E-state index is 12.9. The number of aryl methyl sites for hydroxylation is 2. The molecule has 156 valence electrons. The van der Waals surface area contributed by atoms with E-state index in [0.717, 1.165) is 16.7 Å². The smallest absolute Gasteiger partial charge is 0.239 e. The molecule has 0 saturated heterocycles. The average molecular weight is 415 g/mol. The van der Waals surface area contributed by atoms with Gasteiger partial charge in [0.2, 0.25) is 15.9 Å². The van der Waals surface area contributed by atoms with Gasteiger partial charge in [0, 0.05) is 17.6 Å². The summed E-state index contributed by atoms with van der Waals surface area (Å²) < 4.78 is 27.0. The van der Waals surface area contributed by atoms with Gasteiger partial charge in [-0.2, -0.15) is 4.31 Å². The Balaban J connectivity index is 2.15. The largest absolute Gasteiger partial charge is 0.325 e. The van der Waals surface area contributed by atoms with Crippen molar-refractivity contribution in [1.29, 1.82) is 0 Å². The van der Waals surface area contributed by atoms with Crippen molar-refractivity contribution in [2.45, 2.75) is 34.1 Å². The highest BCUT2D eigenvalue weighted by atomic mass is 32.2. The van der Waals surface area contributed by atoms with Crippen LogP contribution in [0.3, 0.4) is 0 Å². The van der Waals surface area contributed by atoms with Crippen molar-refractivity contribution in [2.24, 2.45) is 5.92 Å². The van der Waals surface area contributed by atoms with Gasteiger partial charge < -0.3 is 5.32 Å². The first-order valence-corrected chi connectivity index (χ1v) is 11.3. The van der Waals surface area contributed by atoms with Gasteiger partial charge in [-0.15, -0.1) is 0 Å². The first-order valence-electron chi connectivity index (χ1n) is 9.78. The summed E-state index contributed by atoms with van der Waals surface area (Å²) in [6.45, 7) is 8.03. The predicted octanol–water partition coefficient (Wildman–Crippen LogP) is 4.59. The normalized spacial score (nSPS) is 12.1. The molecule has 5 nitrogen and oxygen atoms in total. The van der Waals surface area contributed by atoms with Crippen LogP contribution in [-0.2, 0) is 14.8 Å². The molecule has 0 aliphatic carbocycles. The lowest BCUT2D eigenvalue weighted by Gasteiger charge is -2.21. The Bertz CT molecular complexity index is 951. The molecule has 0 aromatic heterocycles. The fourth-order valence-electron chi connectivity index (χ4n) is 2.82. The summed E-state index contributed by atoms with van der Waals surface area (Å²) in [6.07, 6.45) is 2.23. The van der Waals surface area contributed by atoms with Crippen LogP contribution in [0.2, 0.25) is 0 Å². The van der Waals surface area contributed by atoms with Gasteiger partial charge in [0.1, 0.15) is 0 Å². The lowest BCUT2D eigenvalue weighted by molar-refractivity contribution is -0.116. The minimum atomic E-state index is -3.73. The zero-order chi connectivity index (χ0) is 21.4. The molecular formula is C23H30N2O3S. The van der Waals surface area contributed by atoms with Crippen LogP contribution in [0.4, 0.5) is 5.69 Å². The maximum Gasteiger partial charge on any atom is 0.239 e. The van der Waals surface area contributed by atoms with Gasteiger partial charge in [0.05, 0.1) is 6.54 Å². The fraction of sp³-hybridized carbons (Fsp3) is 0.348. The lowest BCUT2D eigenvalue weighted by Crippen LogP contribution is -2.38. The molecule has 2 rings (SSSR count). The van der Waals surface area contributed by atoms with Crippen LogP contribution in [-0.4, -0.2) is 31.7 Å². The van der Waals surface area contributed by atoms with E-state index < -0.39 is 10.0 Å². The van der Waals surface area contributed by atoms with E-state index in [4.69, 9.17) is 0 Å². The van der Waals surface area contributed by atoms with E-state index in [1.54, 1.807) is 6.08 Å². The van der Waals surface area contributed by atoms with Crippen LogP contribution in [0, 0.1) is 19.8 Å². The predicted molar refractivity (Wildman–Crippen MR) is 120 cm³/mol. The second-order valence-electron chi connectivity index (χ2n) is 7.64. The van der Waals surface area contributed by atoms with E-state index in [2.05, 4.69) is 5.32 Å². The highest BCUT2D eigenvalue weighted by Crippen LogP contribution is 2.17. The highest BCUT2D eigenvalue weighted by molar-refractivity contribution is 7.92. The molecule has 6 heteroatoms. The molecule has 0 atom stereocenters. The summed E-state index contributed by atoms with van der Waals surface area (Å²) in [5.41, 5.74) is 3.54. The Morgan fingerprint density at radius 3 is 2.41 bits per heavy atom. The van der Waals surface area contributed by atoms with Crippen LogP contribution in [0.15, 0.2) is 53.9 Å². The SMILES string of the molecule is Cc1ccc(NC(=O)CN(CCC(C)C)S(=O)(=O)C=Cc2ccccc2)c(C)c1. The number of carbonyl (C=O) groups is 1. The van der Waals surface area contributed by atoms with Crippen LogP contribution in [0.1, 0.15) is 37.0 Å². The summed E-state index contributed by atoms with van der Waals surface area (Å²) >= 11 is 0. The van der Waals surface area contributed by atoms with Gasteiger partial charge in [-0.05, 0) is 49.5 Å². The zero-order valence-electron chi connectivity index (χ0n) is 17.6. The van der Waals surface area contributed by atoms with E-state index >= 15 is 0 Å². The number of rotatable bonds is 9. The molecule has 1 N–H and O–H groups in total. The van der Waals surface area contributed by atoms with Crippen molar-refractivity contribution in [3.8, 4) is 0 Å². The van der Waals surface area contributed by atoms with Gasteiger partial charge >= 0.3 is 0 Å². The van der Waals surface area contributed by atoms with Crippen molar-refractivity contribution in [3.05, 3.63) is 70.6 Å². The molecule has 2 aromatic carbocycles. The third-order valence-corrected chi connectivity index (χ3v) is 6.04. The number of benzene rings is 2. The van der Waals surface area contributed by atoms with Gasteiger partial charge in [-0.25, -0.2) is 8.42 Å². The molecule has 0 unspecified atom stereocenters. The highest BCUT2D eigenvalue weighted by Gasteiger charge is 2.22. The van der Waals surface area contributed by atoms with Gasteiger partial charge in [-0.3, -0.25) is 4.79 Å². The van der Waals surface area contributed by atoms with E-state index in [1.807, 2.05) is 76.2 Å². The molecule has 0 heterocycles. The quantitative estimate of drug-likeness (QED) is 0.652. The van der Waals surface area contributed by atoms with Gasteiger partial charge in [-0.1, -0.05) is 61.9 Å². The molecular weight excluding hydrogens is 384 g/mol. The summed E-state index contributed by atoms with van der Waals surface area (Å²) in [6, 6.07) is 15.0. The number of amides is 1. The van der Waals surface area contributed by atoms with Crippen molar-refractivity contribution < 1.29 is 13.2 Å². The van der Waals surface area contributed by atoms with E-state index in [0.29, 0.717) is 24.6 Å². The number of hydrogen-bond acceptors (Lipinski definition) is 3. The van der Waals surface area contributed by atoms with E-state index in [-0.39, 0.29) is 12.5 Å². The third-order valence-electron chi connectivity index (χ3n) is 4.52. The summed E-state index contributed by atoms with van der Waals surface area (Å²) in [5.74, 6) is -0.0226. The monoisotopic (exact) mass is 414 g/mol. The maximum absolute atomic E-state index is 12.9. The average Bonchev–Trinajstić information content (AvgIpc) is 2.66. The fourth-order valence-corrected chi connectivity index (χ4v) is 3.98. The Labute approximate surface area is 174 Å². The third kappa shape index (κ3) is 7.48. The topological polar surface area (TPSA) is 66.5 Å². The van der Waals surface area contributed by atoms with Crippen LogP contribution >= 0.6 is 0 Å². The molecule has 1 amide bonds. The molecule has 0 aliphatic rings. The van der Waals surface area contributed by atoms with Crippen LogP contribution in [0.5, 0.6) is 0 Å². The van der Waals surface area contributed by atoms with Gasteiger partial charge in [0.15, 0.2) is 0 Å². The first-order chi connectivity index (χ1) is 13.7. The Morgan fingerprint density at radius 2 is 1.79 bits per heavy atom. The van der Waals surface area contributed by atoms with E-state index in [9.17, 15) is 13.2 Å². The number of carbonyl (C=O) groups excluding carboxylic acids is 1. The van der Waals surface area contributed by atoms with Crippen molar-refractivity contribution >= 4 is 27.7 Å². The van der Waals surface area contributed by atoms with Crippen LogP contribution in [0.25, 0.3) is 6.08 Å². The van der Waals surface area contributed by atoms with Crippen molar-refractivity contribution in [1.82, 2.24) is 4.31 Å². The second-order valence-corrected chi connectivity index (χ2v) is 9.46. The molecule has 0 saturated carbocycles. The first kappa shape index (κ1) is 22.8. The minimum absolute atomic E-state index is 0.221. The second kappa shape index (κ2) is 10.4. The molecule has 0 spiro atoms. The molecule has 29 heavy (non-hydrogen) atoms. The Hall–Kier alpha value is -2.44. The standard InChI is InChI=1S/C23H30N2O3S/c1-18(2)12-14-25(29(27,28)15-13-21-8-6-5-7-9-21)17-23(26)24-22-11-10-19(3)16-20(22)4/h5-11,13,15-16,18H,12,14,17H2,1-4H3,(H,24,26). The number of hydrogen-bond donors (Lipinski definition) is 1. The number of nitrogens with zero attached hydrogens (tertiary/aromatic N) is 1. The number of sulfonamides is 1. The molecule has 0 bridgehead atoms. The van der Waals surface area contributed by atoms with Crippen LogP contribution < -0.4 is 5.32 Å². The summed E-state index contributed by atoms with van der Waals surface area (Å²) in [5, 5.41) is 4.01. The zero-order valence-corrected chi connectivity index (χ0v) is 18.4. The molecule has 0 aliphatic heterocycles. The number of anilines is 1. The van der Waals surface area contributed by atoms with Gasteiger partial charge in [0.25, 0.3) is 0 Å². The van der Waals surface area contributed by atoms with Crippen molar-refractivity contribution in [3.63, 3.8) is 0 Å². The minimum Gasteiger partial charge on any atom is -0.325 e. The molecule has 0 radical (unpaired) electrons. The summed E-state index contributed by atoms with van der Waals surface area (Å²) in [4.78, 5) is 12.6. The summed E-state index contributed by atoms with van der Waals surface area (Å²) in [7, 11) is -3.73.